The number of ether oxygens (including phenoxy) is 1. The molecule has 16 heavy (non-hydrogen) atoms. The average molecular weight is 241 g/mol. The maximum absolute atomic E-state index is 11.8. The van der Waals surface area contributed by atoms with Crippen LogP contribution >= 0.6 is 11.6 Å². The van der Waals surface area contributed by atoms with Crippen molar-refractivity contribution in [3.8, 4) is 5.75 Å². The second kappa shape index (κ2) is 5.90. The van der Waals surface area contributed by atoms with Gasteiger partial charge in [-0.05, 0) is 44.0 Å². The first-order valence-corrected chi connectivity index (χ1v) is 5.97. The third-order valence-electron chi connectivity index (χ3n) is 2.66. The van der Waals surface area contributed by atoms with Crippen LogP contribution in [0.15, 0.2) is 12.1 Å². The molecule has 0 aromatic heterocycles. The summed E-state index contributed by atoms with van der Waals surface area (Å²) in [5.74, 6) is 1.31. The Morgan fingerprint density at radius 1 is 1.31 bits per heavy atom. The van der Waals surface area contributed by atoms with Crippen LogP contribution in [0.4, 0.5) is 0 Å². The predicted octanol–water partition coefficient (Wildman–Crippen LogP) is 3.51. The van der Waals surface area contributed by atoms with Crippen molar-refractivity contribution in [3.63, 3.8) is 0 Å². The molecule has 0 saturated heterocycles. The highest BCUT2D eigenvalue weighted by molar-refractivity contribution is 6.19. The fraction of sp³-hybridized carbons (Fsp3) is 0.462. The lowest BCUT2D eigenvalue weighted by Crippen LogP contribution is -2.05. The van der Waals surface area contributed by atoms with Gasteiger partial charge in [-0.3, -0.25) is 4.79 Å². The second-order valence-corrected chi connectivity index (χ2v) is 4.03. The van der Waals surface area contributed by atoms with E-state index in [1.165, 1.54) is 0 Å². The smallest absolute Gasteiger partial charge is 0.164 e. The van der Waals surface area contributed by atoms with Gasteiger partial charge in [0.25, 0.3) is 0 Å². The molecule has 0 saturated carbocycles. The molecule has 0 amide bonds. The molecule has 88 valence electrons. The molecule has 0 aliphatic heterocycles. The molecule has 2 nitrogen and oxygen atoms in total. The fourth-order valence-corrected chi connectivity index (χ4v) is 1.80. The third kappa shape index (κ3) is 2.76. The molecule has 0 fully saturated rings. The normalized spacial score (nSPS) is 10.2. The van der Waals surface area contributed by atoms with Crippen LogP contribution in [-0.2, 0) is 0 Å². The van der Waals surface area contributed by atoms with Crippen LogP contribution in [0.5, 0.6) is 5.75 Å². The maximum atomic E-state index is 11.8. The summed E-state index contributed by atoms with van der Waals surface area (Å²) < 4.78 is 5.47. The van der Waals surface area contributed by atoms with Gasteiger partial charge < -0.3 is 4.74 Å². The lowest BCUT2D eigenvalue weighted by Gasteiger charge is -2.12. The van der Waals surface area contributed by atoms with Crippen molar-refractivity contribution >= 4 is 17.4 Å². The van der Waals surface area contributed by atoms with E-state index >= 15 is 0 Å². The number of rotatable bonds is 5. The Morgan fingerprint density at radius 2 is 2.00 bits per heavy atom. The van der Waals surface area contributed by atoms with Crippen LogP contribution in [0.2, 0.25) is 0 Å². The fourth-order valence-electron chi connectivity index (χ4n) is 1.63. The van der Waals surface area contributed by atoms with Gasteiger partial charge in [0.05, 0.1) is 6.61 Å². The Morgan fingerprint density at radius 3 is 2.56 bits per heavy atom. The van der Waals surface area contributed by atoms with Gasteiger partial charge in [0.2, 0.25) is 0 Å². The first-order valence-electron chi connectivity index (χ1n) is 5.44. The topological polar surface area (TPSA) is 26.3 Å². The van der Waals surface area contributed by atoms with Crippen molar-refractivity contribution in [1.29, 1.82) is 0 Å². The summed E-state index contributed by atoms with van der Waals surface area (Å²) in [5.41, 5.74) is 2.77. The molecule has 0 bridgehead atoms. The largest absolute Gasteiger partial charge is 0.494 e. The van der Waals surface area contributed by atoms with Crippen LogP contribution < -0.4 is 4.74 Å². The Labute approximate surface area is 102 Å². The molecule has 0 radical (unpaired) electrons. The SMILES string of the molecule is CCOc1ccc(C(=O)CCCl)c(C)c1C. The highest BCUT2D eigenvalue weighted by Crippen LogP contribution is 2.25. The molecule has 0 aliphatic carbocycles. The quantitative estimate of drug-likeness (QED) is 0.582. The Bertz CT molecular complexity index is 386. The summed E-state index contributed by atoms with van der Waals surface area (Å²) in [6, 6.07) is 3.68. The predicted molar refractivity (Wildman–Crippen MR) is 66.8 cm³/mol. The number of hydrogen-bond donors (Lipinski definition) is 0. The van der Waals surface area contributed by atoms with Gasteiger partial charge in [-0.2, -0.15) is 0 Å². The van der Waals surface area contributed by atoms with E-state index in [9.17, 15) is 4.79 Å². The van der Waals surface area contributed by atoms with E-state index in [0.717, 1.165) is 22.4 Å². The van der Waals surface area contributed by atoms with Gasteiger partial charge in [0.15, 0.2) is 5.78 Å². The number of benzene rings is 1. The molecule has 0 unspecified atom stereocenters. The molecule has 1 aromatic rings. The minimum absolute atomic E-state index is 0.0960. The van der Waals surface area contributed by atoms with Crippen LogP contribution in [0.3, 0.4) is 0 Å². The van der Waals surface area contributed by atoms with E-state index in [-0.39, 0.29) is 5.78 Å². The van der Waals surface area contributed by atoms with Gasteiger partial charge in [-0.15, -0.1) is 11.6 Å². The lowest BCUT2D eigenvalue weighted by atomic mass is 9.98. The number of Topliss-reactive ketones (excluding diaryl/α,β-unsaturated/α-hetero) is 1. The molecule has 0 N–H and O–H groups in total. The van der Waals surface area contributed by atoms with Crippen LogP contribution in [0.1, 0.15) is 34.8 Å². The number of ketones is 1. The molecule has 0 heterocycles. The van der Waals surface area contributed by atoms with E-state index in [0.29, 0.717) is 18.9 Å². The minimum atomic E-state index is 0.0960. The van der Waals surface area contributed by atoms with Crippen LogP contribution in [-0.4, -0.2) is 18.3 Å². The van der Waals surface area contributed by atoms with Crippen molar-refractivity contribution < 1.29 is 9.53 Å². The zero-order valence-electron chi connectivity index (χ0n) is 9.97. The van der Waals surface area contributed by atoms with Crippen molar-refractivity contribution in [2.24, 2.45) is 0 Å². The number of carbonyl (C=O) groups is 1. The molecule has 1 aromatic carbocycles. The van der Waals surface area contributed by atoms with Crippen molar-refractivity contribution in [1.82, 2.24) is 0 Å². The molecule has 1 rings (SSSR count). The van der Waals surface area contributed by atoms with E-state index in [1.807, 2.05) is 32.9 Å². The Kier molecular flexibility index (Phi) is 4.81. The van der Waals surface area contributed by atoms with Gasteiger partial charge in [0, 0.05) is 17.9 Å². The molecule has 0 aliphatic rings. The van der Waals surface area contributed by atoms with Gasteiger partial charge in [-0.25, -0.2) is 0 Å². The summed E-state index contributed by atoms with van der Waals surface area (Å²) in [7, 11) is 0. The number of hydrogen-bond acceptors (Lipinski definition) is 2. The summed E-state index contributed by atoms with van der Waals surface area (Å²) >= 11 is 5.57. The monoisotopic (exact) mass is 240 g/mol. The van der Waals surface area contributed by atoms with Crippen LogP contribution in [0.25, 0.3) is 0 Å². The minimum Gasteiger partial charge on any atom is -0.494 e. The lowest BCUT2D eigenvalue weighted by molar-refractivity contribution is 0.0988. The van der Waals surface area contributed by atoms with E-state index in [4.69, 9.17) is 16.3 Å². The summed E-state index contributed by atoms with van der Waals surface area (Å²) in [4.78, 5) is 11.8. The highest BCUT2D eigenvalue weighted by atomic mass is 35.5. The standard InChI is InChI=1S/C13H17ClO2/c1-4-16-13-6-5-11(9(2)10(13)3)12(15)7-8-14/h5-6H,4,7-8H2,1-3H3. The van der Waals surface area contributed by atoms with Crippen molar-refractivity contribution in [2.75, 3.05) is 12.5 Å². The Balaban J connectivity index is 3.06. The van der Waals surface area contributed by atoms with Gasteiger partial charge >= 0.3 is 0 Å². The number of alkyl halides is 1. The first kappa shape index (κ1) is 13.0. The second-order valence-electron chi connectivity index (χ2n) is 3.66. The molecular weight excluding hydrogens is 224 g/mol. The number of halogens is 1. The summed E-state index contributed by atoms with van der Waals surface area (Å²) in [5, 5.41) is 0. The average Bonchev–Trinajstić information content (AvgIpc) is 2.25. The molecule has 3 heteroatoms. The molecular formula is C13H17ClO2. The van der Waals surface area contributed by atoms with Crippen molar-refractivity contribution in [3.05, 3.63) is 28.8 Å². The van der Waals surface area contributed by atoms with Gasteiger partial charge in [0.1, 0.15) is 5.75 Å². The summed E-state index contributed by atoms with van der Waals surface area (Å²) in [6.45, 7) is 6.49. The zero-order valence-corrected chi connectivity index (χ0v) is 10.7. The summed E-state index contributed by atoms with van der Waals surface area (Å²) in [6.07, 6.45) is 0.385. The molecule has 0 atom stereocenters. The third-order valence-corrected chi connectivity index (χ3v) is 2.85. The maximum Gasteiger partial charge on any atom is 0.164 e. The Hall–Kier alpha value is -1.02. The van der Waals surface area contributed by atoms with E-state index < -0.39 is 0 Å². The van der Waals surface area contributed by atoms with Crippen molar-refractivity contribution in [2.45, 2.75) is 27.2 Å². The van der Waals surface area contributed by atoms with Gasteiger partial charge in [-0.1, -0.05) is 0 Å². The van der Waals surface area contributed by atoms with E-state index in [1.54, 1.807) is 0 Å². The van der Waals surface area contributed by atoms with Crippen LogP contribution in [0, 0.1) is 13.8 Å². The zero-order chi connectivity index (χ0) is 12.1. The number of carbonyl (C=O) groups excluding carboxylic acids is 1. The van der Waals surface area contributed by atoms with E-state index in [2.05, 4.69) is 0 Å². The first-order chi connectivity index (χ1) is 7.61. The molecule has 0 spiro atoms. The highest BCUT2D eigenvalue weighted by Gasteiger charge is 2.12.